The van der Waals surface area contributed by atoms with Crippen molar-refractivity contribution in [1.82, 2.24) is 5.01 Å². The van der Waals surface area contributed by atoms with E-state index in [4.69, 9.17) is 11.2 Å². The van der Waals surface area contributed by atoms with E-state index in [1.807, 2.05) is 12.2 Å². The van der Waals surface area contributed by atoms with Gasteiger partial charge in [0.2, 0.25) is 0 Å². The summed E-state index contributed by atoms with van der Waals surface area (Å²) in [4.78, 5) is 35.7. The molecular weight excluding hydrogens is 350 g/mol. The van der Waals surface area contributed by atoms with Crippen LogP contribution in [0.3, 0.4) is 0 Å². The molecule has 0 spiro atoms. The van der Waals surface area contributed by atoms with E-state index in [0.29, 0.717) is 0 Å². The molecule has 2 fully saturated rings. The van der Waals surface area contributed by atoms with Gasteiger partial charge in [-0.15, -0.1) is 6.42 Å². The molecule has 0 N–H and O–H groups in total. The number of nitrogens with zero attached hydrogens (tertiary/aromatic N) is 3. The first-order valence-electron chi connectivity index (χ1n) is 8.46. The van der Waals surface area contributed by atoms with E-state index < -0.39 is 4.92 Å². The third-order valence-corrected chi connectivity index (χ3v) is 5.27. The van der Waals surface area contributed by atoms with Crippen LogP contribution in [0.2, 0.25) is 0 Å². The van der Waals surface area contributed by atoms with E-state index in [-0.39, 0.29) is 59.1 Å². The Morgan fingerprint density at radius 2 is 1.96 bits per heavy atom. The third kappa shape index (κ3) is 2.68. The summed E-state index contributed by atoms with van der Waals surface area (Å²) in [5, 5.41) is 15.9. The predicted octanol–water partition coefficient (Wildman–Crippen LogP) is 1.75. The van der Waals surface area contributed by atoms with Gasteiger partial charge in [-0.1, -0.05) is 18.1 Å². The second kappa shape index (κ2) is 6.36. The number of non-ortho nitro benzene ring substituents is 1. The fourth-order valence-corrected chi connectivity index (χ4v) is 4.12. The van der Waals surface area contributed by atoms with Crippen LogP contribution in [0.15, 0.2) is 35.5 Å². The Morgan fingerprint density at radius 3 is 2.56 bits per heavy atom. The zero-order valence-electron chi connectivity index (χ0n) is 14.1. The van der Waals surface area contributed by atoms with Crippen LogP contribution in [-0.2, 0) is 9.59 Å². The quantitative estimate of drug-likeness (QED) is 0.198. The molecule has 8 heteroatoms. The topological polar surface area (TPSA) is 102 Å². The number of hydrazone groups is 1. The summed E-state index contributed by atoms with van der Waals surface area (Å²) in [6.45, 7) is -0.0284. The summed E-state index contributed by atoms with van der Waals surface area (Å²) < 4.78 is 5.36. The number of amides is 2. The van der Waals surface area contributed by atoms with E-state index in [2.05, 4.69) is 11.0 Å². The van der Waals surface area contributed by atoms with Gasteiger partial charge in [0, 0.05) is 17.7 Å². The molecule has 4 rings (SSSR count). The van der Waals surface area contributed by atoms with Crippen LogP contribution >= 0.6 is 0 Å². The number of rotatable bonds is 5. The number of hydrogen-bond acceptors (Lipinski definition) is 6. The SMILES string of the molecule is C#CCOc1ccc([N+](=O)[O-])cc1/C=N/N1C(=O)C2C3C=CC(C3)C2C1=O. The number of carbonyl (C=O) groups is 2. The van der Waals surface area contributed by atoms with Crippen LogP contribution in [0.4, 0.5) is 5.69 Å². The molecule has 2 aliphatic carbocycles. The number of allylic oxidation sites excluding steroid dienone is 2. The number of nitro benzene ring substituents is 1. The highest BCUT2D eigenvalue weighted by Crippen LogP contribution is 2.52. The van der Waals surface area contributed by atoms with Crippen molar-refractivity contribution in [3.8, 4) is 18.1 Å². The summed E-state index contributed by atoms with van der Waals surface area (Å²) in [5.41, 5.74) is 0.0981. The normalized spacial score (nSPS) is 28.0. The lowest BCUT2D eigenvalue weighted by atomic mass is 9.85. The number of nitro groups is 1. The Balaban J connectivity index is 1.62. The van der Waals surface area contributed by atoms with Crippen LogP contribution in [-0.4, -0.2) is 34.6 Å². The highest BCUT2D eigenvalue weighted by molar-refractivity contribution is 6.07. The minimum atomic E-state index is -0.553. The van der Waals surface area contributed by atoms with Crippen LogP contribution < -0.4 is 4.74 Å². The minimum absolute atomic E-state index is 0.0284. The van der Waals surface area contributed by atoms with E-state index in [1.165, 1.54) is 24.4 Å². The van der Waals surface area contributed by atoms with Gasteiger partial charge in [0.05, 0.1) is 23.0 Å². The van der Waals surface area contributed by atoms with Crippen LogP contribution in [0, 0.1) is 46.1 Å². The molecule has 1 aromatic carbocycles. The summed E-state index contributed by atoms with van der Waals surface area (Å²) in [5.74, 6) is 1.41. The first-order valence-corrected chi connectivity index (χ1v) is 8.46. The molecule has 1 saturated heterocycles. The molecule has 1 saturated carbocycles. The van der Waals surface area contributed by atoms with E-state index in [9.17, 15) is 19.7 Å². The van der Waals surface area contributed by atoms with Crippen molar-refractivity contribution >= 4 is 23.7 Å². The molecule has 136 valence electrons. The van der Waals surface area contributed by atoms with Crippen LogP contribution in [0.5, 0.6) is 5.75 Å². The fourth-order valence-electron chi connectivity index (χ4n) is 4.12. The molecule has 1 aliphatic heterocycles. The number of imide groups is 1. The lowest BCUT2D eigenvalue weighted by molar-refractivity contribution is -0.384. The van der Waals surface area contributed by atoms with Crippen molar-refractivity contribution in [3.05, 3.63) is 46.0 Å². The molecule has 4 atom stereocenters. The van der Waals surface area contributed by atoms with Gasteiger partial charge in [0.25, 0.3) is 17.5 Å². The number of hydrogen-bond donors (Lipinski definition) is 0. The third-order valence-electron chi connectivity index (χ3n) is 5.27. The smallest absolute Gasteiger partial charge is 0.270 e. The Bertz CT molecular complexity index is 915. The maximum absolute atomic E-state index is 12.6. The Morgan fingerprint density at radius 1 is 1.30 bits per heavy atom. The fraction of sp³-hybridized carbons (Fsp3) is 0.316. The van der Waals surface area contributed by atoms with Gasteiger partial charge >= 0.3 is 0 Å². The zero-order valence-corrected chi connectivity index (χ0v) is 14.1. The molecule has 27 heavy (non-hydrogen) atoms. The Kier molecular flexibility index (Phi) is 4.00. The van der Waals surface area contributed by atoms with Gasteiger partial charge in [-0.05, 0) is 24.3 Å². The average Bonchev–Trinajstić information content (AvgIpc) is 3.33. The summed E-state index contributed by atoms with van der Waals surface area (Å²) in [6.07, 6.45) is 11.2. The molecule has 2 amide bonds. The molecule has 1 aromatic rings. The average molecular weight is 365 g/mol. The van der Waals surface area contributed by atoms with Gasteiger partial charge in [-0.2, -0.15) is 10.1 Å². The van der Waals surface area contributed by atoms with Crippen molar-refractivity contribution in [2.45, 2.75) is 6.42 Å². The van der Waals surface area contributed by atoms with Gasteiger partial charge in [0.1, 0.15) is 12.4 Å². The first kappa shape index (κ1) is 17.0. The van der Waals surface area contributed by atoms with E-state index >= 15 is 0 Å². The second-order valence-electron chi connectivity index (χ2n) is 6.70. The first-order chi connectivity index (χ1) is 13.0. The maximum Gasteiger partial charge on any atom is 0.270 e. The monoisotopic (exact) mass is 365 g/mol. The summed E-state index contributed by atoms with van der Waals surface area (Å²) in [6, 6.07) is 3.94. The number of ether oxygens (including phenoxy) is 1. The zero-order chi connectivity index (χ0) is 19.1. The van der Waals surface area contributed by atoms with Crippen LogP contribution in [0.25, 0.3) is 0 Å². The molecule has 4 unspecified atom stereocenters. The van der Waals surface area contributed by atoms with Crippen LogP contribution in [0.1, 0.15) is 12.0 Å². The van der Waals surface area contributed by atoms with Gasteiger partial charge < -0.3 is 4.74 Å². The molecule has 3 aliphatic rings. The maximum atomic E-state index is 12.6. The van der Waals surface area contributed by atoms with Gasteiger partial charge in [-0.3, -0.25) is 19.7 Å². The van der Waals surface area contributed by atoms with E-state index in [0.717, 1.165) is 11.4 Å². The van der Waals surface area contributed by atoms with Gasteiger partial charge in [0.15, 0.2) is 0 Å². The summed E-state index contributed by atoms with van der Waals surface area (Å²) in [7, 11) is 0. The molecule has 0 aromatic heterocycles. The van der Waals surface area contributed by atoms with Crippen molar-refractivity contribution in [3.63, 3.8) is 0 Å². The molecule has 8 nitrogen and oxygen atoms in total. The highest BCUT2D eigenvalue weighted by Gasteiger charge is 2.59. The number of benzene rings is 1. The Labute approximate surface area is 154 Å². The number of carbonyl (C=O) groups excluding carboxylic acids is 2. The van der Waals surface area contributed by atoms with Crippen molar-refractivity contribution in [2.24, 2.45) is 28.8 Å². The molecule has 1 heterocycles. The molecule has 2 bridgehead atoms. The Hall–Kier alpha value is -3.47. The minimum Gasteiger partial charge on any atom is -0.480 e. The van der Waals surface area contributed by atoms with Crippen molar-refractivity contribution in [1.29, 1.82) is 0 Å². The standard InChI is InChI=1S/C19H15N3O5/c1-2-7-27-15-6-5-14(22(25)26)9-13(15)10-20-21-18(23)16-11-3-4-12(8-11)17(16)19(21)24/h1,3-6,9-12,16-17H,7-8H2/b20-10+. The van der Waals surface area contributed by atoms with E-state index in [1.54, 1.807) is 0 Å². The lowest BCUT2D eigenvalue weighted by Crippen LogP contribution is -2.28. The van der Waals surface area contributed by atoms with Gasteiger partial charge in [-0.25, -0.2) is 0 Å². The summed E-state index contributed by atoms with van der Waals surface area (Å²) >= 11 is 0. The largest absolute Gasteiger partial charge is 0.480 e. The highest BCUT2D eigenvalue weighted by atomic mass is 16.6. The number of fused-ring (bicyclic) bond motifs is 5. The number of terminal acetylenes is 1. The molecular formula is C19H15N3O5. The molecule has 0 radical (unpaired) electrons. The lowest BCUT2D eigenvalue weighted by Gasteiger charge is -2.13. The van der Waals surface area contributed by atoms with Crippen molar-refractivity contribution in [2.75, 3.05) is 6.61 Å². The predicted molar refractivity (Wildman–Crippen MR) is 94.6 cm³/mol. The second-order valence-corrected chi connectivity index (χ2v) is 6.70. The van der Waals surface area contributed by atoms with Crippen molar-refractivity contribution < 1.29 is 19.2 Å².